The van der Waals surface area contributed by atoms with Crippen LogP contribution < -0.4 is 5.32 Å². The van der Waals surface area contributed by atoms with Gasteiger partial charge in [0.05, 0.1) is 0 Å². The van der Waals surface area contributed by atoms with Gasteiger partial charge >= 0.3 is 0 Å². The summed E-state index contributed by atoms with van der Waals surface area (Å²) in [7, 11) is 0. The predicted molar refractivity (Wildman–Crippen MR) is 96.2 cm³/mol. The van der Waals surface area contributed by atoms with E-state index in [4.69, 9.17) is 0 Å². The fourth-order valence-corrected chi connectivity index (χ4v) is 4.10. The molecule has 1 unspecified atom stereocenters. The summed E-state index contributed by atoms with van der Waals surface area (Å²) >= 11 is 0. The highest BCUT2D eigenvalue weighted by atomic mass is 16.1. The van der Waals surface area contributed by atoms with Crippen LogP contribution in [0.2, 0.25) is 0 Å². The van der Waals surface area contributed by atoms with Crippen molar-refractivity contribution in [1.29, 1.82) is 0 Å². The second kappa shape index (κ2) is 7.68. The van der Waals surface area contributed by atoms with Crippen molar-refractivity contribution >= 4 is 5.91 Å². The highest BCUT2D eigenvalue weighted by Gasteiger charge is 2.27. The number of hydrogen-bond acceptors (Lipinski definition) is 3. The summed E-state index contributed by atoms with van der Waals surface area (Å²) in [6.07, 6.45) is 6.89. The van der Waals surface area contributed by atoms with Crippen molar-refractivity contribution in [3.63, 3.8) is 0 Å². The molecule has 5 heteroatoms. The molecule has 0 spiro atoms. The van der Waals surface area contributed by atoms with E-state index in [1.54, 1.807) is 0 Å². The molecule has 2 aliphatic rings. The van der Waals surface area contributed by atoms with Crippen LogP contribution in [-0.4, -0.2) is 46.7 Å². The third-order valence-corrected chi connectivity index (χ3v) is 5.80. The van der Waals surface area contributed by atoms with E-state index in [9.17, 15) is 4.79 Å². The standard InChI is InChI=1S/C19H32N4O/c1-13(2)17(23-10-8-14(3)9-11-23)12-20-19(24)18-15-6-4-5-7-16(15)21-22-18/h13-14,17H,4-12H2,1-3H3,(H,20,24)(H,21,22). The van der Waals surface area contributed by atoms with Gasteiger partial charge in [-0.25, -0.2) is 0 Å². The fraction of sp³-hybridized carbons (Fsp3) is 0.789. The number of rotatable bonds is 5. The van der Waals surface area contributed by atoms with Crippen LogP contribution in [0.3, 0.4) is 0 Å². The Bertz CT molecular complexity index is 558. The lowest BCUT2D eigenvalue weighted by Crippen LogP contribution is -2.49. The van der Waals surface area contributed by atoms with Crippen LogP contribution >= 0.6 is 0 Å². The molecule has 1 atom stereocenters. The molecule has 1 amide bonds. The Hall–Kier alpha value is -1.36. The molecular weight excluding hydrogens is 300 g/mol. The minimum atomic E-state index is -0.00886. The summed E-state index contributed by atoms with van der Waals surface area (Å²) in [5.74, 6) is 1.36. The zero-order valence-electron chi connectivity index (χ0n) is 15.4. The highest BCUT2D eigenvalue weighted by Crippen LogP contribution is 2.23. The number of aryl methyl sites for hydroxylation is 1. The number of nitrogens with zero attached hydrogens (tertiary/aromatic N) is 2. The quantitative estimate of drug-likeness (QED) is 0.871. The summed E-state index contributed by atoms with van der Waals surface area (Å²) in [6, 6.07) is 0.413. The van der Waals surface area contributed by atoms with E-state index in [1.807, 2.05) is 0 Å². The normalized spacial score (nSPS) is 20.8. The largest absolute Gasteiger partial charge is 0.349 e. The van der Waals surface area contributed by atoms with E-state index in [1.165, 1.54) is 19.3 Å². The lowest BCUT2D eigenvalue weighted by molar-refractivity contribution is 0.0858. The zero-order chi connectivity index (χ0) is 17.1. The number of aromatic nitrogens is 2. The van der Waals surface area contributed by atoms with Crippen molar-refractivity contribution in [2.75, 3.05) is 19.6 Å². The molecule has 0 saturated carbocycles. The van der Waals surface area contributed by atoms with Gasteiger partial charge in [0, 0.05) is 23.8 Å². The monoisotopic (exact) mass is 332 g/mol. The first-order valence-electron chi connectivity index (χ1n) is 9.64. The molecular formula is C19H32N4O. The van der Waals surface area contributed by atoms with Gasteiger partial charge in [-0.2, -0.15) is 5.10 Å². The molecule has 24 heavy (non-hydrogen) atoms. The van der Waals surface area contributed by atoms with Crippen LogP contribution in [-0.2, 0) is 12.8 Å². The number of fused-ring (bicyclic) bond motifs is 1. The number of amides is 1. The minimum absolute atomic E-state index is 0.00886. The maximum absolute atomic E-state index is 12.6. The molecule has 134 valence electrons. The van der Waals surface area contributed by atoms with Gasteiger partial charge in [0.25, 0.3) is 5.91 Å². The molecule has 1 aromatic heterocycles. The summed E-state index contributed by atoms with van der Waals surface area (Å²) in [5.41, 5.74) is 2.93. The summed E-state index contributed by atoms with van der Waals surface area (Å²) in [6.45, 7) is 9.86. The van der Waals surface area contributed by atoms with E-state index in [2.05, 4.69) is 41.2 Å². The number of H-pyrrole nitrogens is 1. The van der Waals surface area contributed by atoms with E-state index >= 15 is 0 Å². The maximum Gasteiger partial charge on any atom is 0.272 e. The highest BCUT2D eigenvalue weighted by molar-refractivity contribution is 5.94. The van der Waals surface area contributed by atoms with Gasteiger partial charge in [0.1, 0.15) is 0 Å². The van der Waals surface area contributed by atoms with Crippen molar-refractivity contribution in [2.24, 2.45) is 11.8 Å². The molecule has 3 rings (SSSR count). The van der Waals surface area contributed by atoms with Crippen LogP contribution in [0.15, 0.2) is 0 Å². The number of likely N-dealkylation sites (tertiary alicyclic amines) is 1. The molecule has 0 radical (unpaired) electrons. The van der Waals surface area contributed by atoms with Gasteiger partial charge in [0.2, 0.25) is 0 Å². The Morgan fingerprint density at radius 3 is 2.71 bits per heavy atom. The number of piperidine rings is 1. The lowest BCUT2D eigenvalue weighted by atomic mass is 9.94. The third kappa shape index (κ3) is 3.82. The zero-order valence-corrected chi connectivity index (χ0v) is 15.4. The van der Waals surface area contributed by atoms with E-state index in [-0.39, 0.29) is 5.91 Å². The first-order chi connectivity index (χ1) is 11.6. The van der Waals surface area contributed by atoms with Crippen molar-refractivity contribution in [2.45, 2.75) is 65.3 Å². The molecule has 2 N–H and O–H groups in total. The fourth-order valence-electron chi connectivity index (χ4n) is 4.10. The maximum atomic E-state index is 12.6. The van der Waals surface area contributed by atoms with Gasteiger partial charge in [-0.3, -0.25) is 14.8 Å². The van der Waals surface area contributed by atoms with E-state index < -0.39 is 0 Å². The van der Waals surface area contributed by atoms with Gasteiger partial charge in [-0.15, -0.1) is 0 Å². The molecule has 1 fully saturated rings. The van der Waals surface area contributed by atoms with Crippen LogP contribution in [0.25, 0.3) is 0 Å². The average molecular weight is 332 g/mol. The predicted octanol–water partition coefficient (Wildman–Crippen LogP) is 2.77. The molecule has 1 aromatic rings. The topological polar surface area (TPSA) is 61.0 Å². The molecule has 5 nitrogen and oxygen atoms in total. The Balaban J connectivity index is 1.60. The van der Waals surface area contributed by atoms with Gasteiger partial charge in [-0.1, -0.05) is 20.8 Å². The second-order valence-corrected chi connectivity index (χ2v) is 7.98. The number of hydrogen-bond donors (Lipinski definition) is 2. The summed E-state index contributed by atoms with van der Waals surface area (Å²) in [5, 5.41) is 10.5. The van der Waals surface area contributed by atoms with Crippen molar-refractivity contribution in [3.8, 4) is 0 Å². The Morgan fingerprint density at radius 1 is 1.29 bits per heavy atom. The Kier molecular flexibility index (Phi) is 5.59. The van der Waals surface area contributed by atoms with E-state index in [0.29, 0.717) is 24.2 Å². The summed E-state index contributed by atoms with van der Waals surface area (Å²) in [4.78, 5) is 15.2. The number of carbonyl (C=O) groups is 1. The van der Waals surface area contributed by atoms with Gasteiger partial charge in [0.15, 0.2) is 5.69 Å². The number of carbonyl (C=O) groups excluding carboxylic acids is 1. The van der Waals surface area contributed by atoms with Crippen LogP contribution in [0.5, 0.6) is 0 Å². The van der Waals surface area contributed by atoms with Crippen molar-refractivity contribution < 1.29 is 4.79 Å². The first kappa shape index (κ1) is 17.5. The molecule has 1 aliphatic carbocycles. The smallest absolute Gasteiger partial charge is 0.272 e. The molecule has 2 heterocycles. The summed E-state index contributed by atoms with van der Waals surface area (Å²) < 4.78 is 0. The van der Waals surface area contributed by atoms with Crippen LogP contribution in [0.4, 0.5) is 0 Å². The Labute approximate surface area is 145 Å². The average Bonchev–Trinajstić information content (AvgIpc) is 3.00. The van der Waals surface area contributed by atoms with Gasteiger partial charge < -0.3 is 5.32 Å². The molecule has 0 aromatic carbocycles. The molecule has 0 bridgehead atoms. The van der Waals surface area contributed by atoms with Crippen LogP contribution in [0, 0.1) is 11.8 Å². The van der Waals surface area contributed by atoms with Gasteiger partial charge in [-0.05, 0) is 63.5 Å². The van der Waals surface area contributed by atoms with Crippen molar-refractivity contribution in [1.82, 2.24) is 20.4 Å². The van der Waals surface area contributed by atoms with E-state index in [0.717, 1.165) is 49.5 Å². The molecule has 1 saturated heterocycles. The minimum Gasteiger partial charge on any atom is -0.349 e. The van der Waals surface area contributed by atoms with Crippen molar-refractivity contribution in [3.05, 3.63) is 17.0 Å². The van der Waals surface area contributed by atoms with Crippen LogP contribution in [0.1, 0.15) is 68.2 Å². The number of nitrogens with one attached hydrogen (secondary N) is 2. The number of aromatic amines is 1. The SMILES string of the molecule is CC1CCN(C(CNC(=O)c2n[nH]c3c2CCCC3)C(C)C)CC1. The lowest BCUT2D eigenvalue weighted by Gasteiger charge is -2.38. The Morgan fingerprint density at radius 2 is 2.00 bits per heavy atom. The first-order valence-corrected chi connectivity index (χ1v) is 9.64. The molecule has 1 aliphatic heterocycles. The second-order valence-electron chi connectivity index (χ2n) is 7.98. The third-order valence-electron chi connectivity index (χ3n) is 5.80.